The molecule has 2 heterocycles. The van der Waals surface area contributed by atoms with Gasteiger partial charge in [0.1, 0.15) is 11.7 Å². The van der Waals surface area contributed by atoms with Gasteiger partial charge in [-0.05, 0) is 37.1 Å². The van der Waals surface area contributed by atoms with Crippen molar-refractivity contribution in [2.45, 2.75) is 31.3 Å². The normalized spacial score (nSPS) is 15.6. The first-order valence-electron chi connectivity index (χ1n) is 10.6. The first kappa shape index (κ1) is 24.4. The van der Waals surface area contributed by atoms with Crippen molar-refractivity contribution in [1.82, 2.24) is 15.3 Å². The number of H-pyrrole nitrogens is 1. The number of benzene rings is 1. The first-order valence-corrected chi connectivity index (χ1v) is 10.6. The molecule has 0 saturated heterocycles. The molecule has 2 aromatic rings. The van der Waals surface area contributed by atoms with Crippen LogP contribution in [0.3, 0.4) is 0 Å². The highest BCUT2D eigenvalue weighted by Gasteiger charge is 2.27. The van der Waals surface area contributed by atoms with Crippen molar-refractivity contribution >= 4 is 41.0 Å². The molecule has 1 aromatic carbocycles. The lowest BCUT2D eigenvalue weighted by Crippen LogP contribution is -2.45. The van der Waals surface area contributed by atoms with Crippen molar-refractivity contribution in [3.05, 3.63) is 40.2 Å². The highest BCUT2D eigenvalue weighted by atomic mass is 16.4. The number of hydrogen-bond acceptors (Lipinski definition) is 9. The number of nitrogen functional groups attached to an aromatic ring is 1. The molecular formula is C21H27N7O6. The fourth-order valence-electron chi connectivity index (χ4n) is 3.65. The Hall–Kier alpha value is -4.29. The Morgan fingerprint density at radius 1 is 1.26 bits per heavy atom. The zero-order chi connectivity index (χ0) is 24.8. The minimum Gasteiger partial charge on any atom is -0.481 e. The van der Waals surface area contributed by atoms with Crippen molar-refractivity contribution in [2.24, 2.45) is 0 Å². The van der Waals surface area contributed by atoms with Crippen LogP contribution in [0, 0.1) is 0 Å². The van der Waals surface area contributed by atoms with Crippen LogP contribution in [-0.4, -0.2) is 70.2 Å². The van der Waals surface area contributed by atoms with Gasteiger partial charge in [0.05, 0.1) is 0 Å². The van der Waals surface area contributed by atoms with Crippen molar-refractivity contribution < 1.29 is 24.6 Å². The number of carboxylic acid groups (broad SMARTS) is 2. The lowest BCUT2D eigenvalue weighted by atomic mass is 10.1. The smallest absolute Gasteiger partial charge is 0.326 e. The van der Waals surface area contributed by atoms with E-state index < -0.39 is 23.9 Å². The van der Waals surface area contributed by atoms with E-state index in [2.05, 4.69) is 25.9 Å². The number of anilines is 4. The van der Waals surface area contributed by atoms with Crippen LogP contribution in [0.25, 0.3) is 0 Å². The molecule has 182 valence electrons. The number of amides is 1. The molecule has 8 N–H and O–H groups in total. The average Bonchev–Trinajstić information content (AvgIpc) is 2.77. The van der Waals surface area contributed by atoms with E-state index in [1.165, 1.54) is 0 Å². The summed E-state index contributed by atoms with van der Waals surface area (Å²) in [6.45, 7) is 1.18. The molecule has 1 aliphatic heterocycles. The van der Waals surface area contributed by atoms with Crippen LogP contribution in [0.2, 0.25) is 0 Å². The van der Waals surface area contributed by atoms with E-state index >= 15 is 0 Å². The van der Waals surface area contributed by atoms with Gasteiger partial charge in [-0.15, -0.1) is 0 Å². The van der Waals surface area contributed by atoms with Gasteiger partial charge in [-0.1, -0.05) is 0 Å². The van der Waals surface area contributed by atoms with Gasteiger partial charge in [-0.25, -0.2) is 4.79 Å². The molecule has 0 saturated carbocycles. The molecule has 1 amide bonds. The van der Waals surface area contributed by atoms with Gasteiger partial charge in [-0.3, -0.25) is 19.4 Å². The highest BCUT2D eigenvalue weighted by Crippen LogP contribution is 2.26. The Balaban J connectivity index is 1.52. The molecule has 1 aromatic heterocycles. The average molecular weight is 473 g/mol. The maximum Gasteiger partial charge on any atom is 0.326 e. The van der Waals surface area contributed by atoms with Gasteiger partial charge in [0.2, 0.25) is 5.95 Å². The standard InChI is InChI=1S/C21H27N7O6/c1-28-13(10-24-17-16(28)19(32)27-21(22)26-17)8-9-23-12-4-2-11(3-5-12)18(31)25-14(20(33)34)6-7-15(29)30/h2-5,13-14,23H,6-10H2,1H3,(H,25,31)(H,29,30)(H,33,34)(H4,22,24,26,27,32)/t13-,14+/m1/s1. The summed E-state index contributed by atoms with van der Waals surface area (Å²) in [6, 6.07) is 5.23. The van der Waals surface area contributed by atoms with Crippen LogP contribution in [0.4, 0.5) is 23.1 Å². The van der Waals surface area contributed by atoms with E-state index in [9.17, 15) is 24.3 Å². The third-order valence-electron chi connectivity index (χ3n) is 5.52. The summed E-state index contributed by atoms with van der Waals surface area (Å²) >= 11 is 0. The summed E-state index contributed by atoms with van der Waals surface area (Å²) in [5.74, 6) is -2.52. The van der Waals surface area contributed by atoms with Gasteiger partial charge in [0.25, 0.3) is 11.5 Å². The van der Waals surface area contributed by atoms with E-state index in [0.717, 1.165) is 5.69 Å². The minimum absolute atomic E-state index is 0.0373. The lowest BCUT2D eigenvalue weighted by molar-refractivity contribution is -0.140. The summed E-state index contributed by atoms with van der Waals surface area (Å²) in [5.41, 5.74) is 6.73. The topological polar surface area (TPSA) is 203 Å². The van der Waals surface area contributed by atoms with Crippen LogP contribution in [-0.2, 0) is 9.59 Å². The molecule has 34 heavy (non-hydrogen) atoms. The van der Waals surface area contributed by atoms with Crippen molar-refractivity contribution in [3.8, 4) is 0 Å². The number of rotatable bonds is 10. The van der Waals surface area contributed by atoms with Crippen LogP contribution in [0.15, 0.2) is 29.1 Å². The number of aromatic amines is 1. The Morgan fingerprint density at radius 2 is 1.97 bits per heavy atom. The SMILES string of the molecule is CN1c2c(nc(N)[nH]c2=O)NC[C@H]1CCNc1ccc(C(=O)N[C@@H](CCC(=O)O)C(=O)O)cc1. The Labute approximate surface area is 194 Å². The van der Waals surface area contributed by atoms with Gasteiger partial charge < -0.3 is 36.8 Å². The molecule has 0 fully saturated rings. The molecule has 13 nitrogen and oxygen atoms in total. The predicted molar refractivity (Wildman–Crippen MR) is 125 cm³/mol. The summed E-state index contributed by atoms with van der Waals surface area (Å²) in [7, 11) is 1.83. The number of nitrogens with two attached hydrogens (primary N) is 1. The predicted octanol–water partition coefficient (Wildman–Crippen LogP) is 0.132. The fourth-order valence-corrected chi connectivity index (χ4v) is 3.65. The Kier molecular flexibility index (Phi) is 7.56. The number of carbonyl (C=O) groups excluding carboxylic acids is 1. The van der Waals surface area contributed by atoms with Crippen LogP contribution in [0.1, 0.15) is 29.6 Å². The van der Waals surface area contributed by atoms with Crippen molar-refractivity contribution in [2.75, 3.05) is 41.4 Å². The molecule has 1 aliphatic rings. The zero-order valence-corrected chi connectivity index (χ0v) is 18.5. The minimum atomic E-state index is -1.29. The lowest BCUT2D eigenvalue weighted by Gasteiger charge is -2.35. The van der Waals surface area contributed by atoms with E-state index in [0.29, 0.717) is 31.0 Å². The first-order chi connectivity index (χ1) is 16.2. The van der Waals surface area contributed by atoms with Crippen LogP contribution >= 0.6 is 0 Å². The van der Waals surface area contributed by atoms with Gasteiger partial charge in [0.15, 0.2) is 5.82 Å². The molecule has 0 unspecified atom stereocenters. The molecule has 13 heteroatoms. The molecule has 0 spiro atoms. The molecule has 0 bridgehead atoms. The Morgan fingerprint density at radius 3 is 2.62 bits per heavy atom. The van der Waals surface area contributed by atoms with Gasteiger partial charge >= 0.3 is 11.9 Å². The van der Waals surface area contributed by atoms with E-state index in [1.54, 1.807) is 24.3 Å². The molecule has 0 aliphatic carbocycles. The molecular weight excluding hydrogens is 446 g/mol. The molecule has 3 rings (SSSR count). The second kappa shape index (κ2) is 10.6. The number of aliphatic carboxylic acids is 2. The summed E-state index contributed by atoms with van der Waals surface area (Å²) in [4.78, 5) is 55.0. The number of nitrogens with zero attached hydrogens (tertiary/aromatic N) is 2. The number of fused-ring (bicyclic) bond motifs is 1. The van der Waals surface area contributed by atoms with Crippen LogP contribution < -0.4 is 32.1 Å². The second-order valence-electron chi connectivity index (χ2n) is 7.88. The number of carboxylic acids is 2. The number of aromatic nitrogens is 2. The maximum atomic E-state index is 12.3. The highest BCUT2D eigenvalue weighted by molar-refractivity contribution is 5.96. The van der Waals surface area contributed by atoms with Crippen LogP contribution in [0.5, 0.6) is 0 Å². The summed E-state index contributed by atoms with van der Waals surface area (Å²) in [5, 5.41) is 26.6. The second-order valence-corrected chi connectivity index (χ2v) is 7.88. The zero-order valence-electron chi connectivity index (χ0n) is 18.5. The largest absolute Gasteiger partial charge is 0.481 e. The van der Waals surface area contributed by atoms with E-state index in [-0.39, 0.29) is 36.0 Å². The number of carbonyl (C=O) groups is 3. The monoisotopic (exact) mass is 473 g/mol. The Bertz CT molecular complexity index is 1120. The van der Waals surface area contributed by atoms with Crippen molar-refractivity contribution in [1.29, 1.82) is 0 Å². The number of nitrogens with one attached hydrogen (secondary N) is 4. The number of hydrogen-bond donors (Lipinski definition) is 7. The third kappa shape index (κ3) is 5.94. The van der Waals surface area contributed by atoms with Gasteiger partial charge in [0, 0.05) is 43.9 Å². The van der Waals surface area contributed by atoms with Crippen molar-refractivity contribution in [3.63, 3.8) is 0 Å². The third-order valence-corrected chi connectivity index (χ3v) is 5.52. The van der Waals surface area contributed by atoms with E-state index in [4.69, 9.17) is 10.8 Å². The van der Waals surface area contributed by atoms with E-state index in [1.807, 2.05) is 11.9 Å². The summed E-state index contributed by atoms with van der Waals surface area (Å²) < 4.78 is 0. The fraction of sp³-hybridized carbons (Fsp3) is 0.381. The summed E-state index contributed by atoms with van der Waals surface area (Å²) in [6.07, 6.45) is 0.134. The quantitative estimate of drug-likeness (QED) is 0.247. The maximum absolute atomic E-state index is 12.3. The van der Waals surface area contributed by atoms with Gasteiger partial charge in [-0.2, -0.15) is 4.98 Å². The molecule has 0 radical (unpaired) electrons. The molecule has 2 atom stereocenters. The number of likely N-dealkylation sites (N-methyl/N-ethyl adjacent to an activating group) is 1.